The number of hydrazine groups is 1. The van der Waals surface area contributed by atoms with E-state index in [9.17, 15) is 4.79 Å². The second-order valence-electron chi connectivity index (χ2n) is 5.24. The highest BCUT2D eigenvalue weighted by Crippen LogP contribution is 2.09. The standard InChI is InChI=1S/C17H25N3O/c1-6-18-19(4)13-7-8-15-9-11-16(12-10-15)17(21)20(5)14(2)3/h6-7,9-14,18H,1,8H2,2-5H3/b13-7-. The Morgan fingerprint density at radius 2 is 1.90 bits per heavy atom. The third-order valence-electron chi connectivity index (χ3n) is 3.27. The summed E-state index contributed by atoms with van der Waals surface area (Å²) in [5, 5.41) is 1.82. The normalized spacial score (nSPS) is 10.7. The van der Waals surface area contributed by atoms with Gasteiger partial charge in [-0.1, -0.05) is 24.8 Å². The van der Waals surface area contributed by atoms with Crippen LogP contribution in [0.25, 0.3) is 0 Å². The summed E-state index contributed by atoms with van der Waals surface area (Å²) in [6.45, 7) is 7.61. The quantitative estimate of drug-likeness (QED) is 0.783. The molecule has 1 aromatic carbocycles. The molecule has 1 aromatic rings. The highest BCUT2D eigenvalue weighted by molar-refractivity contribution is 5.94. The smallest absolute Gasteiger partial charge is 0.253 e. The third-order valence-corrected chi connectivity index (χ3v) is 3.27. The second-order valence-corrected chi connectivity index (χ2v) is 5.24. The van der Waals surface area contributed by atoms with Crippen LogP contribution >= 0.6 is 0 Å². The van der Waals surface area contributed by atoms with Gasteiger partial charge in [0.15, 0.2) is 0 Å². The van der Waals surface area contributed by atoms with Crippen LogP contribution in [0.5, 0.6) is 0 Å². The van der Waals surface area contributed by atoms with E-state index in [1.807, 2.05) is 69.5 Å². The van der Waals surface area contributed by atoms with E-state index in [0.717, 1.165) is 12.0 Å². The average molecular weight is 287 g/mol. The lowest BCUT2D eigenvalue weighted by Crippen LogP contribution is -2.32. The first kappa shape index (κ1) is 16.8. The van der Waals surface area contributed by atoms with E-state index in [-0.39, 0.29) is 11.9 Å². The number of carbonyl (C=O) groups is 1. The lowest BCUT2D eigenvalue weighted by molar-refractivity contribution is 0.0755. The Kier molecular flexibility index (Phi) is 6.53. The molecule has 4 heteroatoms. The van der Waals surface area contributed by atoms with Crippen LogP contribution in [0.4, 0.5) is 0 Å². The van der Waals surface area contributed by atoms with Crippen LogP contribution in [-0.4, -0.2) is 36.0 Å². The minimum Gasteiger partial charge on any atom is -0.339 e. The predicted octanol–water partition coefficient (Wildman–Crippen LogP) is 2.80. The highest BCUT2D eigenvalue weighted by atomic mass is 16.2. The number of rotatable bonds is 7. The van der Waals surface area contributed by atoms with E-state index in [2.05, 4.69) is 12.0 Å². The average Bonchev–Trinajstić information content (AvgIpc) is 2.46. The molecule has 1 N–H and O–H groups in total. The van der Waals surface area contributed by atoms with Gasteiger partial charge < -0.3 is 10.3 Å². The van der Waals surface area contributed by atoms with Gasteiger partial charge in [0.25, 0.3) is 5.91 Å². The molecule has 0 unspecified atom stereocenters. The van der Waals surface area contributed by atoms with Crippen LogP contribution in [0.15, 0.2) is 49.3 Å². The summed E-state index contributed by atoms with van der Waals surface area (Å²) in [7, 11) is 3.73. The van der Waals surface area contributed by atoms with Crippen molar-refractivity contribution >= 4 is 5.91 Å². The lowest BCUT2D eigenvalue weighted by Gasteiger charge is -2.21. The molecule has 0 aliphatic heterocycles. The molecule has 0 aliphatic carbocycles. The summed E-state index contributed by atoms with van der Waals surface area (Å²) in [6, 6.07) is 7.96. The molecule has 1 rings (SSSR count). The predicted molar refractivity (Wildman–Crippen MR) is 87.6 cm³/mol. The zero-order chi connectivity index (χ0) is 15.8. The summed E-state index contributed by atoms with van der Waals surface area (Å²) < 4.78 is 0. The van der Waals surface area contributed by atoms with E-state index in [1.165, 1.54) is 5.56 Å². The molecule has 0 saturated carbocycles. The molecule has 21 heavy (non-hydrogen) atoms. The maximum Gasteiger partial charge on any atom is 0.253 e. The van der Waals surface area contributed by atoms with Gasteiger partial charge in [0.1, 0.15) is 0 Å². The van der Waals surface area contributed by atoms with E-state index in [4.69, 9.17) is 0 Å². The van der Waals surface area contributed by atoms with Gasteiger partial charge in [-0.2, -0.15) is 0 Å². The van der Waals surface area contributed by atoms with Crippen LogP contribution in [-0.2, 0) is 6.42 Å². The fourth-order valence-corrected chi connectivity index (χ4v) is 1.76. The lowest BCUT2D eigenvalue weighted by atomic mass is 10.1. The molecular weight excluding hydrogens is 262 g/mol. The molecule has 0 bridgehead atoms. The van der Waals surface area contributed by atoms with Crippen LogP contribution in [0.1, 0.15) is 29.8 Å². The molecule has 0 fully saturated rings. The van der Waals surface area contributed by atoms with Gasteiger partial charge in [-0.05, 0) is 38.0 Å². The summed E-state index contributed by atoms with van der Waals surface area (Å²) in [6.07, 6.45) is 6.43. The maximum absolute atomic E-state index is 12.2. The number of allylic oxidation sites excluding steroid dienone is 1. The molecule has 4 nitrogen and oxygen atoms in total. The van der Waals surface area contributed by atoms with Gasteiger partial charge >= 0.3 is 0 Å². The van der Waals surface area contributed by atoms with Crippen molar-refractivity contribution < 1.29 is 4.79 Å². The fourth-order valence-electron chi connectivity index (χ4n) is 1.76. The van der Waals surface area contributed by atoms with Crippen molar-refractivity contribution in [3.8, 4) is 0 Å². The Bertz CT molecular complexity index is 491. The topological polar surface area (TPSA) is 35.6 Å². The van der Waals surface area contributed by atoms with E-state index in [1.54, 1.807) is 11.1 Å². The Morgan fingerprint density at radius 3 is 2.43 bits per heavy atom. The number of amides is 1. The highest BCUT2D eigenvalue weighted by Gasteiger charge is 2.13. The first-order chi connectivity index (χ1) is 9.95. The van der Waals surface area contributed by atoms with Crippen molar-refractivity contribution in [1.29, 1.82) is 0 Å². The molecule has 0 aliphatic rings. The number of nitrogens with one attached hydrogen (secondary N) is 1. The van der Waals surface area contributed by atoms with Gasteiger partial charge in [-0.3, -0.25) is 9.80 Å². The van der Waals surface area contributed by atoms with E-state index >= 15 is 0 Å². The molecule has 1 amide bonds. The van der Waals surface area contributed by atoms with Crippen molar-refractivity contribution in [2.45, 2.75) is 26.3 Å². The number of hydrogen-bond donors (Lipinski definition) is 1. The van der Waals surface area contributed by atoms with Crippen LogP contribution in [0.3, 0.4) is 0 Å². The number of benzene rings is 1. The first-order valence-electron chi connectivity index (χ1n) is 7.08. The van der Waals surface area contributed by atoms with Gasteiger partial charge in [0, 0.05) is 38.1 Å². The number of carbonyl (C=O) groups excluding carboxylic acids is 1. The Balaban J connectivity index is 2.62. The minimum absolute atomic E-state index is 0.0574. The zero-order valence-corrected chi connectivity index (χ0v) is 13.3. The zero-order valence-electron chi connectivity index (χ0n) is 13.3. The van der Waals surface area contributed by atoms with Crippen molar-refractivity contribution in [2.75, 3.05) is 14.1 Å². The largest absolute Gasteiger partial charge is 0.339 e. The molecule has 0 radical (unpaired) electrons. The van der Waals surface area contributed by atoms with Gasteiger partial charge in [0.05, 0.1) is 0 Å². The van der Waals surface area contributed by atoms with Crippen molar-refractivity contribution in [3.63, 3.8) is 0 Å². The summed E-state index contributed by atoms with van der Waals surface area (Å²) in [5.41, 5.74) is 4.83. The molecule has 114 valence electrons. The Morgan fingerprint density at radius 1 is 1.29 bits per heavy atom. The molecule has 0 saturated heterocycles. The number of nitrogens with zero attached hydrogens (tertiary/aromatic N) is 2. The van der Waals surface area contributed by atoms with Crippen molar-refractivity contribution in [3.05, 3.63) is 60.4 Å². The molecule has 0 aromatic heterocycles. The van der Waals surface area contributed by atoms with Gasteiger partial charge in [0.2, 0.25) is 0 Å². The summed E-state index contributed by atoms with van der Waals surface area (Å²) in [4.78, 5) is 13.9. The number of hydrogen-bond acceptors (Lipinski definition) is 3. The van der Waals surface area contributed by atoms with E-state index < -0.39 is 0 Å². The first-order valence-corrected chi connectivity index (χ1v) is 7.08. The molecule has 0 heterocycles. The second kappa shape index (κ2) is 8.15. The van der Waals surface area contributed by atoms with Crippen molar-refractivity contribution in [1.82, 2.24) is 15.3 Å². The summed E-state index contributed by atoms with van der Waals surface area (Å²) >= 11 is 0. The summed E-state index contributed by atoms with van der Waals surface area (Å²) in [5.74, 6) is 0.0574. The van der Waals surface area contributed by atoms with Crippen LogP contribution in [0.2, 0.25) is 0 Å². The molecule has 0 spiro atoms. The van der Waals surface area contributed by atoms with Gasteiger partial charge in [-0.15, -0.1) is 0 Å². The van der Waals surface area contributed by atoms with Crippen LogP contribution < -0.4 is 5.43 Å². The van der Waals surface area contributed by atoms with E-state index in [0.29, 0.717) is 0 Å². The Hall–Kier alpha value is -2.23. The van der Waals surface area contributed by atoms with Crippen LogP contribution in [0, 0.1) is 0 Å². The Labute approximate surface area is 127 Å². The minimum atomic E-state index is 0.0574. The van der Waals surface area contributed by atoms with Gasteiger partial charge in [-0.25, -0.2) is 0 Å². The SMILES string of the molecule is C=CNN(C)/C=C\Cc1ccc(C(=O)N(C)C(C)C)cc1. The third kappa shape index (κ3) is 5.34. The molecule has 0 atom stereocenters. The van der Waals surface area contributed by atoms with Crippen molar-refractivity contribution in [2.24, 2.45) is 0 Å². The fraction of sp³-hybridized carbons (Fsp3) is 0.353. The monoisotopic (exact) mass is 287 g/mol. The molecular formula is C17H25N3O. The maximum atomic E-state index is 12.2.